The third-order valence-electron chi connectivity index (χ3n) is 1.67. The summed E-state index contributed by atoms with van der Waals surface area (Å²) >= 11 is 0. The van der Waals surface area contributed by atoms with Crippen LogP contribution < -0.4 is 0 Å². The predicted molar refractivity (Wildman–Crippen MR) is 49.9 cm³/mol. The van der Waals surface area contributed by atoms with Crippen LogP contribution in [0.5, 0.6) is 0 Å². The van der Waals surface area contributed by atoms with Crippen LogP contribution in [0.25, 0.3) is 5.57 Å². The Balaban J connectivity index is 2.85. The zero-order valence-corrected chi connectivity index (χ0v) is 7.65. The molecule has 0 bridgehead atoms. The lowest BCUT2D eigenvalue weighted by atomic mass is 10.1. The van der Waals surface area contributed by atoms with Gasteiger partial charge < -0.3 is 4.74 Å². The average Bonchev–Trinajstić information content (AvgIpc) is 2.19. The van der Waals surface area contributed by atoms with Crippen LogP contribution in [0.4, 0.5) is 0 Å². The maximum Gasteiger partial charge on any atom is 0.330 e. The van der Waals surface area contributed by atoms with Crippen LogP contribution in [0.3, 0.4) is 0 Å². The standard InChI is InChI=1S/C10H11NO2/c1-8(7-10(12)13-2)9-3-5-11-6-4-9/h3-7H,1-2H3. The summed E-state index contributed by atoms with van der Waals surface area (Å²) in [6, 6.07) is 3.68. The predicted octanol–water partition coefficient (Wildman–Crippen LogP) is 1.66. The molecule has 1 aromatic heterocycles. The molecular weight excluding hydrogens is 166 g/mol. The van der Waals surface area contributed by atoms with E-state index in [0.29, 0.717) is 0 Å². The minimum atomic E-state index is -0.339. The molecule has 1 aromatic rings. The SMILES string of the molecule is COC(=O)C=C(C)c1ccncc1. The first-order valence-electron chi connectivity index (χ1n) is 3.90. The molecule has 0 aliphatic carbocycles. The molecule has 13 heavy (non-hydrogen) atoms. The number of esters is 1. The van der Waals surface area contributed by atoms with Gasteiger partial charge >= 0.3 is 5.97 Å². The van der Waals surface area contributed by atoms with Crippen molar-refractivity contribution in [1.82, 2.24) is 4.98 Å². The van der Waals surface area contributed by atoms with E-state index in [1.165, 1.54) is 13.2 Å². The van der Waals surface area contributed by atoms with Gasteiger partial charge in [-0.15, -0.1) is 0 Å². The Bertz CT molecular complexity index is 317. The summed E-state index contributed by atoms with van der Waals surface area (Å²) in [5, 5.41) is 0. The third kappa shape index (κ3) is 2.71. The number of hydrogen-bond donors (Lipinski definition) is 0. The van der Waals surface area contributed by atoms with Crippen molar-refractivity contribution < 1.29 is 9.53 Å². The number of ether oxygens (including phenoxy) is 1. The Labute approximate surface area is 77.1 Å². The van der Waals surface area contributed by atoms with Gasteiger partial charge in [-0.2, -0.15) is 0 Å². The summed E-state index contributed by atoms with van der Waals surface area (Å²) in [5.41, 5.74) is 1.84. The number of rotatable bonds is 2. The second-order valence-corrected chi connectivity index (χ2v) is 2.59. The van der Waals surface area contributed by atoms with Gasteiger partial charge in [0, 0.05) is 18.5 Å². The third-order valence-corrected chi connectivity index (χ3v) is 1.67. The van der Waals surface area contributed by atoms with Crippen molar-refractivity contribution >= 4 is 11.5 Å². The number of carbonyl (C=O) groups is 1. The molecule has 0 aromatic carbocycles. The molecule has 1 heterocycles. The molecule has 0 atom stereocenters. The number of methoxy groups -OCH3 is 1. The molecule has 0 unspecified atom stereocenters. The van der Waals surface area contributed by atoms with Crippen LogP contribution in [0, 0.1) is 0 Å². The number of hydrogen-bond acceptors (Lipinski definition) is 3. The van der Waals surface area contributed by atoms with Crippen molar-refractivity contribution in [2.45, 2.75) is 6.92 Å². The fourth-order valence-corrected chi connectivity index (χ4v) is 0.934. The lowest BCUT2D eigenvalue weighted by Gasteiger charge is -1.99. The summed E-state index contributed by atoms with van der Waals surface area (Å²) in [5.74, 6) is -0.339. The van der Waals surface area contributed by atoms with E-state index in [-0.39, 0.29) is 5.97 Å². The topological polar surface area (TPSA) is 39.2 Å². The normalized spacial score (nSPS) is 11.1. The number of allylic oxidation sites excluding steroid dienone is 1. The maximum atomic E-state index is 10.9. The monoisotopic (exact) mass is 177 g/mol. The molecule has 0 amide bonds. The second-order valence-electron chi connectivity index (χ2n) is 2.59. The Morgan fingerprint density at radius 3 is 2.62 bits per heavy atom. The van der Waals surface area contributed by atoms with Gasteiger partial charge in [-0.25, -0.2) is 4.79 Å². The number of nitrogens with zero attached hydrogens (tertiary/aromatic N) is 1. The van der Waals surface area contributed by atoms with Crippen LogP contribution in [0.1, 0.15) is 12.5 Å². The van der Waals surface area contributed by atoms with Crippen molar-refractivity contribution in [2.75, 3.05) is 7.11 Å². The molecule has 68 valence electrons. The summed E-state index contributed by atoms with van der Waals surface area (Å²) in [4.78, 5) is 14.8. The van der Waals surface area contributed by atoms with E-state index in [9.17, 15) is 4.79 Å². The maximum absolute atomic E-state index is 10.9. The highest BCUT2D eigenvalue weighted by Crippen LogP contribution is 2.11. The second kappa shape index (κ2) is 4.40. The summed E-state index contributed by atoms with van der Waals surface area (Å²) in [6.07, 6.45) is 4.82. The first-order valence-corrected chi connectivity index (χ1v) is 3.90. The zero-order chi connectivity index (χ0) is 9.68. The van der Waals surface area contributed by atoms with Crippen molar-refractivity contribution in [3.05, 3.63) is 36.2 Å². The van der Waals surface area contributed by atoms with Gasteiger partial charge in [0.2, 0.25) is 0 Å². The van der Waals surface area contributed by atoms with Gasteiger partial charge in [-0.3, -0.25) is 4.98 Å². The molecule has 0 spiro atoms. The molecule has 0 N–H and O–H groups in total. The van der Waals surface area contributed by atoms with Gasteiger partial charge in [0.15, 0.2) is 0 Å². The zero-order valence-electron chi connectivity index (χ0n) is 7.65. The van der Waals surface area contributed by atoms with Crippen LogP contribution in [0.2, 0.25) is 0 Å². The quantitative estimate of drug-likeness (QED) is 0.509. The first kappa shape index (κ1) is 9.45. The van der Waals surface area contributed by atoms with E-state index < -0.39 is 0 Å². The molecule has 0 aliphatic heterocycles. The van der Waals surface area contributed by atoms with Crippen molar-refractivity contribution in [2.24, 2.45) is 0 Å². The Morgan fingerprint density at radius 1 is 1.46 bits per heavy atom. The largest absolute Gasteiger partial charge is 0.466 e. The highest BCUT2D eigenvalue weighted by atomic mass is 16.5. The number of aromatic nitrogens is 1. The van der Waals surface area contributed by atoms with Crippen LogP contribution in [-0.4, -0.2) is 18.1 Å². The molecule has 0 aliphatic rings. The summed E-state index contributed by atoms with van der Waals surface area (Å²) < 4.78 is 4.51. The molecule has 0 radical (unpaired) electrons. The Kier molecular flexibility index (Phi) is 3.20. The van der Waals surface area contributed by atoms with Crippen molar-refractivity contribution in [3.8, 4) is 0 Å². The Morgan fingerprint density at radius 2 is 2.08 bits per heavy atom. The fourth-order valence-electron chi connectivity index (χ4n) is 0.934. The Hall–Kier alpha value is -1.64. The van der Waals surface area contributed by atoms with Crippen molar-refractivity contribution in [1.29, 1.82) is 0 Å². The van der Waals surface area contributed by atoms with Gasteiger partial charge in [0.1, 0.15) is 0 Å². The van der Waals surface area contributed by atoms with Gasteiger partial charge in [-0.05, 0) is 30.2 Å². The fraction of sp³-hybridized carbons (Fsp3) is 0.200. The van der Waals surface area contributed by atoms with E-state index in [2.05, 4.69) is 9.72 Å². The summed E-state index contributed by atoms with van der Waals surface area (Å²) in [6.45, 7) is 1.85. The van der Waals surface area contributed by atoms with Gasteiger partial charge in [0.05, 0.1) is 7.11 Å². The van der Waals surface area contributed by atoms with E-state index in [1.54, 1.807) is 12.4 Å². The van der Waals surface area contributed by atoms with Crippen molar-refractivity contribution in [3.63, 3.8) is 0 Å². The highest BCUT2D eigenvalue weighted by molar-refractivity contribution is 5.90. The number of pyridine rings is 1. The van der Waals surface area contributed by atoms with E-state index in [1.807, 2.05) is 19.1 Å². The highest BCUT2D eigenvalue weighted by Gasteiger charge is 1.98. The van der Waals surface area contributed by atoms with Gasteiger partial charge in [-0.1, -0.05) is 0 Å². The molecule has 0 fully saturated rings. The van der Waals surface area contributed by atoms with Crippen LogP contribution in [-0.2, 0) is 9.53 Å². The van der Waals surface area contributed by atoms with E-state index in [4.69, 9.17) is 0 Å². The molecule has 3 heteroatoms. The van der Waals surface area contributed by atoms with Gasteiger partial charge in [0.25, 0.3) is 0 Å². The minimum Gasteiger partial charge on any atom is -0.466 e. The molecule has 1 rings (SSSR count). The minimum absolute atomic E-state index is 0.339. The number of carbonyl (C=O) groups excluding carboxylic acids is 1. The average molecular weight is 177 g/mol. The van der Waals surface area contributed by atoms with E-state index in [0.717, 1.165) is 11.1 Å². The molecule has 3 nitrogen and oxygen atoms in total. The smallest absolute Gasteiger partial charge is 0.330 e. The van der Waals surface area contributed by atoms with Crippen LogP contribution >= 0.6 is 0 Å². The molecule has 0 saturated heterocycles. The first-order chi connectivity index (χ1) is 6.24. The van der Waals surface area contributed by atoms with Crippen LogP contribution in [0.15, 0.2) is 30.6 Å². The summed E-state index contributed by atoms with van der Waals surface area (Å²) in [7, 11) is 1.36. The molecular formula is C10H11NO2. The lowest BCUT2D eigenvalue weighted by molar-refractivity contribution is -0.134. The molecule has 0 saturated carbocycles. The van der Waals surface area contributed by atoms with E-state index >= 15 is 0 Å². The lowest BCUT2D eigenvalue weighted by Crippen LogP contribution is -1.95.